The van der Waals surface area contributed by atoms with E-state index in [1.165, 1.54) is 22.8 Å². The monoisotopic (exact) mass is 847 g/mol. The molecule has 0 bridgehead atoms. The molecule has 5 aromatic rings. The Kier molecular flexibility index (Phi) is 11.2. The molecule has 2 aliphatic heterocycles. The number of rotatable bonds is 10. The molecule has 2 saturated carbocycles. The van der Waals surface area contributed by atoms with Crippen molar-refractivity contribution in [2.24, 2.45) is 0 Å². The molecule has 3 N–H and O–H groups in total. The van der Waals surface area contributed by atoms with Gasteiger partial charge < -0.3 is 15.2 Å². The second kappa shape index (κ2) is 16.6. The van der Waals surface area contributed by atoms with Gasteiger partial charge in [-0.25, -0.2) is 13.3 Å². The van der Waals surface area contributed by atoms with E-state index in [4.69, 9.17) is 9.84 Å². The van der Waals surface area contributed by atoms with Crippen LogP contribution in [0, 0.1) is 23.0 Å². The van der Waals surface area contributed by atoms with Crippen LogP contribution in [0.4, 0.5) is 14.5 Å². The van der Waals surface area contributed by atoms with Gasteiger partial charge in [-0.3, -0.25) is 34.2 Å². The second-order valence-electron chi connectivity index (χ2n) is 18.0. The first kappa shape index (κ1) is 41.7. The fourth-order valence-corrected chi connectivity index (χ4v) is 10.3. The van der Waals surface area contributed by atoms with Gasteiger partial charge in [0, 0.05) is 79.7 Å². The van der Waals surface area contributed by atoms with Crippen molar-refractivity contribution in [1.29, 1.82) is 5.26 Å². The third-order valence-electron chi connectivity index (χ3n) is 13.6. The molecule has 2 atom stereocenters. The number of anilines is 1. The first-order valence-corrected chi connectivity index (χ1v) is 21.5. The van der Waals surface area contributed by atoms with Crippen molar-refractivity contribution in [2.45, 2.75) is 107 Å². The predicted octanol–water partition coefficient (Wildman–Crippen LogP) is 5.90. The van der Waals surface area contributed by atoms with Crippen molar-refractivity contribution in [3.05, 3.63) is 94.4 Å². The van der Waals surface area contributed by atoms with Gasteiger partial charge in [-0.2, -0.15) is 15.5 Å². The zero-order chi connectivity index (χ0) is 43.4. The van der Waals surface area contributed by atoms with Crippen molar-refractivity contribution in [1.82, 2.24) is 34.5 Å². The summed E-state index contributed by atoms with van der Waals surface area (Å²) < 4.78 is 39.9. The van der Waals surface area contributed by atoms with Gasteiger partial charge >= 0.3 is 0 Å². The lowest BCUT2D eigenvalue weighted by molar-refractivity contribution is -0.134. The fourth-order valence-electron chi connectivity index (χ4n) is 10.3. The number of hydrogen-bond donors (Lipinski definition) is 3. The van der Waals surface area contributed by atoms with E-state index >= 15 is 8.78 Å². The standard InChI is InChI=1S/C46H51F2N9O5/c1-46(2,61)36-20-39-29(19-40(36)51-45(60)41-10-8-32-14-26(21-49)22-50-57(32)41)23-56(53-39)31-6-4-30(5-7-31)54-12-13-55(34(24-54)25-62-3)33-15-27(16-33)28-17-37(47)43(38(48)18-28)35-9-11-42(58)52-44(35)59/h8,10,14,17-20,22-23,27,30-31,33-35,61H,4-7,9,11-13,15-16,24-25H2,1-3H3,(H,51,60)(H,52,58,59)/t27?,30?,31?,33?,34-,35+/m0/s1. The molecule has 5 heterocycles. The molecule has 3 aromatic heterocycles. The van der Waals surface area contributed by atoms with Crippen LogP contribution in [-0.4, -0.2) is 103 Å². The Bertz CT molecular complexity index is 2580. The number of halogens is 2. The first-order valence-electron chi connectivity index (χ1n) is 21.5. The van der Waals surface area contributed by atoms with Crippen LogP contribution < -0.4 is 10.6 Å². The molecule has 16 heteroatoms. The number of amides is 3. The molecular weight excluding hydrogens is 797 g/mol. The number of ether oxygens (including phenoxy) is 1. The Balaban J connectivity index is 0.819. The molecule has 4 fully saturated rings. The zero-order valence-corrected chi connectivity index (χ0v) is 35.1. The normalized spacial score (nSPS) is 25.1. The van der Waals surface area contributed by atoms with E-state index in [0.29, 0.717) is 46.2 Å². The summed E-state index contributed by atoms with van der Waals surface area (Å²) in [5.41, 5.74) is 2.16. The highest BCUT2D eigenvalue weighted by Gasteiger charge is 2.42. The maximum atomic E-state index is 15.3. The topological polar surface area (TPSA) is 170 Å². The van der Waals surface area contributed by atoms with Crippen LogP contribution in [0.25, 0.3) is 16.4 Å². The number of methoxy groups -OCH3 is 1. The van der Waals surface area contributed by atoms with Crippen LogP contribution in [0.2, 0.25) is 0 Å². The lowest BCUT2D eigenvalue weighted by Crippen LogP contribution is -2.62. The third kappa shape index (κ3) is 7.98. The highest BCUT2D eigenvalue weighted by molar-refractivity contribution is 6.05. The van der Waals surface area contributed by atoms with Crippen LogP contribution in [-0.2, 0) is 19.9 Å². The molecule has 324 valence electrons. The number of benzene rings is 2. The lowest BCUT2D eigenvalue weighted by Gasteiger charge is -2.52. The van der Waals surface area contributed by atoms with Gasteiger partial charge in [0.2, 0.25) is 11.8 Å². The Morgan fingerprint density at radius 1 is 1.02 bits per heavy atom. The van der Waals surface area contributed by atoms with Crippen molar-refractivity contribution in [2.75, 3.05) is 38.7 Å². The molecule has 62 heavy (non-hydrogen) atoms. The van der Waals surface area contributed by atoms with Crippen LogP contribution in [0.15, 0.2) is 54.9 Å². The Morgan fingerprint density at radius 2 is 1.76 bits per heavy atom. The number of aliphatic hydroxyl groups is 1. The number of carbonyl (C=O) groups excluding carboxylic acids is 3. The minimum atomic E-state index is -1.27. The number of nitriles is 1. The molecule has 2 aromatic carbocycles. The van der Waals surface area contributed by atoms with E-state index < -0.39 is 40.9 Å². The van der Waals surface area contributed by atoms with Gasteiger partial charge in [-0.05, 0) is 113 Å². The number of piperidine rings is 1. The van der Waals surface area contributed by atoms with E-state index in [0.717, 1.165) is 69.1 Å². The number of fused-ring (bicyclic) bond motifs is 2. The van der Waals surface area contributed by atoms with Gasteiger partial charge in [0.15, 0.2) is 0 Å². The quantitative estimate of drug-likeness (QED) is 0.144. The molecule has 14 nitrogen and oxygen atoms in total. The summed E-state index contributed by atoms with van der Waals surface area (Å²) in [5.74, 6) is -3.92. The van der Waals surface area contributed by atoms with Gasteiger partial charge in [0.25, 0.3) is 5.91 Å². The second-order valence-corrected chi connectivity index (χ2v) is 18.0. The minimum absolute atomic E-state index is 0.0194. The SMILES string of the molecule is COC[C@@H]1CN(C2CCC(n3cc4cc(NC(=O)c5ccc6cc(C#N)cnn56)c(C(C)(C)O)cc4n3)CC2)CCN1C1CC(c2cc(F)c([C@H]3CCC(=O)NC3=O)c(F)c2)C1. The maximum Gasteiger partial charge on any atom is 0.274 e. The van der Waals surface area contributed by atoms with E-state index in [2.05, 4.69) is 31.6 Å². The summed E-state index contributed by atoms with van der Waals surface area (Å²) in [6.07, 6.45) is 9.11. The van der Waals surface area contributed by atoms with Crippen LogP contribution in [0.1, 0.15) is 116 Å². The highest BCUT2D eigenvalue weighted by atomic mass is 19.1. The zero-order valence-electron chi connectivity index (χ0n) is 35.1. The number of nitrogens with one attached hydrogen (secondary N) is 2. The summed E-state index contributed by atoms with van der Waals surface area (Å²) in [6, 6.07) is 14.7. The van der Waals surface area contributed by atoms with E-state index in [9.17, 15) is 24.8 Å². The molecule has 9 rings (SSSR count). The van der Waals surface area contributed by atoms with Crippen molar-refractivity contribution in [3.63, 3.8) is 0 Å². The third-order valence-corrected chi connectivity index (χ3v) is 13.6. The summed E-state index contributed by atoms with van der Waals surface area (Å²) in [6.45, 7) is 6.64. The van der Waals surface area contributed by atoms with Gasteiger partial charge in [-0.15, -0.1) is 0 Å². The van der Waals surface area contributed by atoms with Gasteiger partial charge in [0.1, 0.15) is 23.4 Å². The Morgan fingerprint density at radius 3 is 2.45 bits per heavy atom. The minimum Gasteiger partial charge on any atom is -0.386 e. The predicted molar refractivity (Wildman–Crippen MR) is 225 cm³/mol. The lowest BCUT2D eigenvalue weighted by atomic mass is 9.73. The summed E-state index contributed by atoms with van der Waals surface area (Å²) in [4.78, 5) is 42.6. The van der Waals surface area contributed by atoms with Crippen molar-refractivity contribution in [3.8, 4) is 6.07 Å². The average Bonchev–Trinajstić information content (AvgIpc) is 3.85. The molecule has 2 aliphatic carbocycles. The van der Waals surface area contributed by atoms with E-state index in [1.807, 2.05) is 23.0 Å². The number of aromatic nitrogens is 4. The molecule has 2 saturated heterocycles. The van der Waals surface area contributed by atoms with E-state index in [-0.39, 0.29) is 42.4 Å². The number of carbonyl (C=O) groups is 3. The molecule has 4 aliphatic rings. The fraction of sp³-hybridized carbons (Fsp3) is 0.478. The number of imide groups is 1. The Hall–Kier alpha value is -5.60. The average molecular weight is 848 g/mol. The first-order chi connectivity index (χ1) is 29.8. The highest BCUT2D eigenvalue weighted by Crippen LogP contribution is 2.44. The smallest absolute Gasteiger partial charge is 0.274 e. The van der Waals surface area contributed by atoms with Crippen molar-refractivity contribution >= 4 is 39.8 Å². The molecule has 0 spiro atoms. The number of nitrogens with zero attached hydrogens (tertiary/aromatic N) is 7. The number of piperazine rings is 1. The molecule has 0 unspecified atom stereocenters. The summed E-state index contributed by atoms with van der Waals surface area (Å²) in [7, 11) is 1.73. The summed E-state index contributed by atoms with van der Waals surface area (Å²) in [5, 5.41) is 35.7. The summed E-state index contributed by atoms with van der Waals surface area (Å²) >= 11 is 0. The molecule has 0 radical (unpaired) electrons. The largest absolute Gasteiger partial charge is 0.386 e. The Labute approximate surface area is 357 Å². The maximum absolute atomic E-state index is 15.3. The number of hydrogen-bond acceptors (Lipinski definition) is 10. The van der Waals surface area contributed by atoms with Crippen LogP contribution in [0.3, 0.4) is 0 Å². The van der Waals surface area contributed by atoms with Crippen LogP contribution in [0.5, 0.6) is 0 Å². The van der Waals surface area contributed by atoms with Gasteiger partial charge in [-0.1, -0.05) is 0 Å². The molecular formula is C46H51F2N9O5. The molecule has 3 amide bonds. The van der Waals surface area contributed by atoms with Crippen molar-refractivity contribution < 1.29 is 33.0 Å². The van der Waals surface area contributed by atoms with Gasteiger partial charge in [0.05, 0.1) is 47.0 Å². The van der Waals surface area contributed by atoms with Crippen LogP contribution >= 0.6 is 0 Å². The van der Waals surface area contributed by atoms with E-state index in [1.54, 1.807) is 39.2 Å².